The van der Waals surface area contributed by atoms with Gasteiger partial charge in [0.2, 0.25) is 0 Å². The van der Waals surface area contributed by atoms with E-state index in [2.05, 4.69) is 5.32 Å². The number of carbonyl (C=O) groups is 1. The Morgan fingerprint density at radius 1 is 1.25 bits per heavy atom. The molecule has 0 aliphatic carbocycles. The van der Waals surface area contributed by atoms with E-state index in [1.54, 1.807) is 43.3 Å². The van der Waals surface area contributed by atoms with Crippen LogP contribution >= 0.6 is 12.4 Å². The van der Waals surface area contributed by atoms with Gasteiger partial charge in [-0.15, -0.1) is 12.4 Å². The van der Waals surface area contributed by atoms with Crippen LogP contribution in [0.2, 0.25) is 0 Å². The van der Waals surface area contributed by atoms with Crippen molar-refractivity contribution in [2.24, 2.45) is 0 Å². The number of amides is 1. The SMILES string of the molecule is CNCCN(C)C(=O)c1ccc(OCCOC)cc1.Cl. The van der Waals surface area contributed by atoms with Crippen LogP contribution < -0.4 is 10.1 Å². The molecule has 0 aromatic heterocycles. The number of nitrogens with one attached hydrogen (secondary N) is 1. The van der Waals surface area contributed by atoms with Gasteiger partial charge in [0, 0.05) is 32.8 Å². The van der Waals surface area contributed by atoms with E-state index in [1.165, 1.54) is 0 Å². The summed E-state index contributed by atoms with van der Waals surface area (Å²) in [6.45, 7) is 2.52. The quantitative estimate of drug-likeness (QED) is 0.738. The number of methoxy groups -OCH3 is 1. The third-order valence-electron chi connectivity index (χ3n) is 2.70. The van der Waals surface area contributed by atoms with Gasteiger partial charge >= 0.3 is 0 Å². The van der Waals surface area contributed by atoms with Gasteiger partial charge in [-0.25, -0.2) is 0 Å². The molecule has 1 amide bonds. The van der Waals surface area contributed by atoms with Gasteiger partial charge in [0.15, 0.2) is 0 Å². The molecule has 1 rings (SSSR count). The Labute approximate surface area is 126 Å². The van der Waals surface area contributed by atoms with Gasteiger partial charge in [-0.2, -0.15) is 0 Å². The lowest BCUT2D eigenvalue weighted by Gasteiger charge is -2.17. The number of benzene rings is 1. The molecule has 1 aromatic carbocycles. The third kappa shape index (κ3) is 6.23. The molecule has 0 heterocycles. The van der Waals surface area contributed by atoms with Crippen molar-refractivity contribution in [3.05, 3.63) is 29.8 Å². The maximum Gasteiger partial charge on any atom is 0.253 e. The monoisotopic (exact) mass is 302 g/mol. The molecule has 0 fully saturated rings. The van der Waals surface area contributed by atoms with Crippen LogP contribution in [0.5, 0.6) is 5.75 Å². The van der Waals surface area contributed by atoms with E-state index in [4.69, 9.17) is 9.47 Å². The van der Waals surface area contributed by atoms with Crippen LogP contribution in [0, 0.1) is 0 Å². The summed E-state index contributed by atoms with van der Waals surface area (Å²) in [4.78, 5) is 13.8. The van der Waals surface area contributed by atoms with Crippen molar-refractivity contribution in [1.29, 1.82) is 0 Å². The molecule has 0 spiro atoms. The standard InChI is InChI=1S/C14H22N2O3.ClH/c1-15-8-9-16(2)14(17)12-4-6-13(7-5-12)19-11-10-18-3;/h4-7,15H,8-11H2,1-3H3;1H. The molecule has 0 unspecified atom stereocenters. The summed E-state index contributed by atoms with van der Waals surface area (Å²) in [6.07, 6.45) is 0. The van der Waals surface area contributed by atoms with Gasteiger partial charge in [0.1, 0.15) is 12.4 Å². The summed E-state index contributed by atoms with van der Waals surface area (Å²) in [5.41, 5.74) is 0.665. The second-order valence-corrected chi connectivity index (χ2v) is 4.20. The fourth-order valence-corrected chi connectivity index (χ4v) is 1.54. The van der Waals surface area contributed by atoms with Crippen molar-refractivity contribution >= 4 is 18.3 Å². The molecule has 0 aliphatic heterocycles. The van der Waals surface area contributed by atoms with Crippen LogP contribution in [0.1, 0.15) is 10.4 Å². The average Bonchev–Trinajstić information content (AvgIpc) is 2.45. The highest BCUT2D eigenvalue weighted by molar-refractivity contribution is 5.94. The zero-order valence-electron chi connectivity index (χ0n) is 12.2. The van der Waals surface area contributed by atoms with Crippen LogP contribution in [0.25, 0.3) is 0 Å². The first-order valence-electron chi connectivity index (χ1n) is 6.31. The number of hydrogen-bond donors (Lipinski definition) is 1. The summed E-state index contributed by atoms with van der Waals surface area (Å²) in [6, 6.07) is 7.16. The molecule has 5 nitrogen and oxygen atoms in total. The van der Waals surface area contributed by atoms with E-state index >= 15 is 0 Å². The molecule has 20 heavy (non-hydrogen) atoms. The molecule has 6 heteroatoms. The van der Waals surface area contributed by atoms with Crippen LogP contribution in [0.3, 0.4) is 0 Å². The van der Waals surface area contributed by atoms with Crippen molar-refractivity contribution in [1.82, 2.24) is 10.2 Å². The lowest BCUT2D eigenvalue weighted by molar-refractivity contribution is 0.0797. The van der Waals surface area contributed by atoms with Crippen LogP contribution in [-0.2, 0) is 4.74 Å². The molecule has 0 radical (unpaired) electrons. The molecule has 114 valence electrons. The maximum absolute atomic E-state index is 12.1. The Kier molecular flexibility index (Phi) is 9.80. The topological polar surface area (TPSA) is 50.8 Å². The molecule has 0 atom stereocenters. The van der Waals surface area contributed by atoms with E-state index in [9.17, 15) is 4.79 Å². The summed E-state index contributed by atoms with van der Waals surface area (Å²) in [7, 11) is 5.29. The van der Waals surface area contributed by atoms with Crippen molar-refractivity contribution < 1.29 is 14.3 Å². The minimum atomic E-state index is 0. The number of likely N-dealkylation sites (N-methyl/N-ethyl adjacent to an activating group) is 2. The fraction of sp³-hybridized carbons (Fsp3) is 0.500. The van der Waals surface area contributed by atoms with E-state index in [0.29, 0.717) is 25.3 Å². The van der Waals surface area contributed by atoms with Gasteiger partial charge in [-0.3, -0.25) is 4.79 Å². The highest BCUT2D eigenvalue weighted by Gasteiger charge is 2.10. The molecule has 0 bridgehead atoms. The van der Waals surface area contributed by atoms with E-state index in [0.717, 1.165) is 12.3 Å². The fourth-order valence-electron chi connectivity index (χ4n) is 1.54. The van der Waals surface area contributed by atoms with Crippen LogP contribution in [0.4, 0.5) is 0 Å². The number of carbonyl (C=O) groups excluding carboxylic acids is 1. The molecule has 1 aromatic rings. The zero-order chi connectivity index (χ0) is 14.1. The predicted molar refractivity (Wildman–Crippen MR) is 81.9 cm³/mol. The lowest BCUT2D eigenvalue weighted by Crippen LogP contribution is -2.32. The largest absolute Gasteiger partial charge is 0.491 e. The van der Waals surface area contributed by atoms with Gasteiger partial charge in [0.25, 0.3) is 5.91 Å². The number of nitrogens with zero attached hydrogens (tertiary/aromatic N) is 1. The molecular formula is C14H23ClN2O3. The molecule has 1 N–H and O–H groups in total. The average molecular weight is 303 g/mol. The Morgan fingerprint density at radius 3 is 2.45 bits per heavy atom. The highest BCUT2D eigenvalue weighted by atomic mass is 35.5. The maximum atomic E-state index is 12.1. The van der Waals surface area contributed by atoms with Crippen LogP contribution in [0.15, 0.2) is 24.3 Å². The first-order chi connectivity index (χ1) is 9.19. The minimum absolute atomic E-state index is 0. The smallest absolute Gasteiger partial charge is 0.253 e. The van der Waals surface area contributed by atoms with Crippen LogP contribution in [-0.4, -0.2) is 58.3 Å². The Bertz CT molecular complexity index is 385. The molecule has 0 saturated heterocycles. The third-order valence-corrected chi connectivity index (χ3v) is 2.70. The first-order valence-corrected chi connectivity index (χ1v) is 6.31. The van der Waals surface area contributed by atoms with Gasteiger partial charge in [-0.05, 0) is 31.3 Å². The molecule has 0 aliphatic rings. The van der Waals surface area contributed by atoms with Gasteiger partial charge in [0.05, 0.1) is 6.61 Å². The number of ether oxygens (including phenoxy) is 2. The molecular weight excluding hydrogens is 280 g/mol. The van der Waals surface area contributed by atoms with Gasteiger partial charge < -0.3 is 19.7 Å². The number of hydrogen-bond acceptors (Lipinski definition) is 4. The van der Waals surface area contributed by atoms with Crippen molar-refractivity contribution in [3.8, 4) is 5.75 Å². The van der Waals surface area contributed by atoms with Gasteiger partial charge in [-0.1, -0.05) is 0 Å². The summed E-state index contributed by atoms with van der Waals surface area (Å²) in [5.74, 6) is 0.755. The van der Waals surface area contributed by atoms with E-state index in [-0.39, 0.29) is 18.3 Å². The second kappa shape index (κ2) is 10.5. The van der Waals surface area contributed by atoms with Crippen molar-refractivity contribution in [3.63, 3.8) is 0 Å². The number of halogens is 1. The van der Waals surface area contributed by atoms with E-state index in [1.807, 2.05) is 7.05 Å². The van der Waals surface area contributed by atoms with E-state index < -0.39 is 0 Å². The predicted octanol–water partition coefficient (Wildman–Crippen LogP) is 1.42. The Morgan fingerprint density at radius 2 is 1.90 bits per heavy atom. The minimum Gasteiger partial charge on any atom is -0.491 e. The zero-order valence-corrected chi connectivity index (χ0v) is 13.0. The highest BCUT2D eigenvalue weighted by Crippen LogP contribution is 2.13. The summed E-state index contributed by atoms with van der Waals surface area (Å²) in [5, 5.41) is 3.02. The Balaban J connectivity index is 0.00000361. The summed E-state index contributed by atoms with van der Waals surface area (Å²) >= 11 is 0. The molecule has 0 saturated carbocycles. The van der Waals surface area contributed by atoms with Crippen molar-refractivity contribution in [2.45, 2.75) is 0 Å². The first kappa shape index (κ1) is 18.7. The Hall–Kier alpha value is -1.30. The number of rotatable bonds is 8. The summed E-state index contributed by atoms with van der Waals surface area (Å²) < 4.78 is 10.3. The normalized spacial score (nSPS) is 9.75. The lowest BCUT2D eigenvalue weighted by atomic mass is 10.2. The van der Waals surface area contributed by atoms with Crippen molar-refractivity contribution in [2.75, 3.05) is 47.5 Å². The second-order valence-electron chi connectivity index (χ2n) is 4.20.